The maximum absolute atomic E-state index is 9.22. The van der Waals surface area contributed by atoms with E-state index < -0.39 is 6.10 Å². The van der Waals surface area contributed by atoms with E-state index in [4.69, 9.17) is 14.8 Å². The lowest BCUT2D eigenvalue weighted by molar-refractivity contribution is 0.00940. The molecule has 126 valence electrons. The molecular weight excluding hydrogens is 280 g/mol. The molecule has 5 nitrogen and oxygen atoms in total. The number of nitrogens with one attached hydrogen (secondary N) is 1. The number of nitrogens with zero attached hydrogens (tertiary/aromatic N) is 1. The number of aliphatic hydroxyl groups is 2. The number of ether oxygens (including phenoxy) is 1. The average molecular weight is 310 g/mol. The third-order valence-corrected chi connectivity index (χ3v) is 3.42. The Labute approximate surface area is 133 Å². The maximum Gasteiger partial charge on any atom is 0.100 e. The van der Waals surface area contributed by atoms with Gasteiger partial charge in [-0.25, -0.2) is 0 Å². The molecular formula is C17H30N2O3. The Hall–Kier alpha value is -1.17. The number of aromatic nitrogens is 1. The summed E-state index contributed by atoms with van der Waals surface area (Å²) in [7, 11) is 0. The molecule has 0 spiro atoms. The zero-order valence-electron chi connectivity index (χ0n) is 14.4. The molecule has 0 saturated heterocycles. The summed E-state index contributed by atoms with van der Waals surface area (Å²) < 4.78 is 5.33. The van der Waals surface area contributed by atoms with E-state index in [1.165, 1.54) is 5.56 Å². The van der Waals surface area contributed by atoms with Gasteiger partial charge in [0.1, 0.15) is 6.10 Å². The number of hydrogen-bond donors (Lipinski definition) is 3. The van der Waals surface area contributed by atoms with E-state index in [0.29, 0.717) is 25.0 Å². The van der Waals surface area contributed by atoms with Crippen molar-refractivity contribution < 1.29 is 14.9 Å². The van der Waals surface area contributed by atoms with Gasteiger partial charge >= 0.3 is 0 Å². The molecule has 0 fully saturated rings. The lowest BCUT2D eigenvalue weighted by Gasteiger charge is -2.21. The molecule has 0 aliphatic heterocycles. The fraction of sp³-hybridized carbons (Fsp3) is 0.706. The monoisotopic (exact) mass is 310 g/mol. The van der Waals surface area contributed by atoms with Gasteiger partial charge in [0, 0.05) is 23.6 Å². The molecule has 0 aliphatic rings. The van der Waals surface area contributed by atoms with Gasteiger partial charge in [0.25, 0.3) is 0 Å². The summed E-state index contributed by atoms with van der Waals surface area (Å²) in [5, 5.41) is 21.4. The van der Waals surface area contributed by atoms with Crippen LogP contribution in [0.2, 0.25) is 0 Å². The Bertz CT molecular complexity index is 461. The van der Waals surface area contributed by atoms with Gasteiger partial charge in [-0.2, -0.15) is 0 Å². The molecule has 1 rings (SSSR count). The fourth-order valence-corrected chi connectivity index (χ4v) is 2.43. The Kier molecular flexibility index (Phi) is 7.79. The molecule has 0 aromatic carbocycles. The molecule has 0 aliphatic carbocycles. The normalized spacial score (nSPS) is 13.0. The van der Waals surface area contributed by atoms with Crippen LogP contribution in [-0.2, 0) is 4.74 Å². The quantitative estimate of drug-likeness (QED) is 0.611. The minimum atomic E-state index is -0.804. The molecule has 1 aromatic heterocycles. The number of pyridine rings is 1. The van der Waals surface area contributed by atoms with Crippen molar-refractivity contribution in [1.29, 1.82) is 0 Å². The number of hydrogen-bond acceptors (Lipinski definition) is 5. The minimum absolute atomic E-state index is 0.155. The van der Waals surface area contributed by atoms with Gasteiger partial charge in [0.15, 0.2) is 0 Å². The van der Waals surface area contributed by atoms with Gasteiger partial charge in [-0.15, -0.1) is 0 Å². The highest BCUT2D eigenvalue weighted by Crippen LogP contribution is 2.31. The maximum atomic E-state index is 9.22. The van der Waals surface area contributed by atoms with Crippen LogP contribution in [0.15, 0.2) is 6.07 Å². The second kappa shape index (κ2) is 9.08. The van der Waals surface area contributed by atoms with Gasteiger partial charge in [-0.3, -0.25) is 4.98 Å². The van der Waals surface area contributed by atoms with Crippen molar-refractivity contribution in [2.75, 3.05) is 31.7 Å². The van der Waals surface area contributed by atoms with E-state index in [-0.39, 0.29) is 13.2 Å². The fourth-order valence-electron chi connectivity index (χ4n) is 2.43. The predicted octanol–water partition coefficient (Wildman–Crippen LogP) is 2.42. The highest BCUT2D eigenvalue weighted by molar-refractivity contribution is 5.56. The minimum Gasteiger partial charge on any atom is -0.394 e. The van der Waals surface area contributed by atoms with E-state index in [2.05, 4.69) is 39.1 Å². The molecule has 1 heterocycles. The van der Waals surface area contributed by atoms with E-state index in [1.807, 2.05) is 6.92 Å². The van der Waals surface area contributed by atoms with Crippen LogP contribution < -0.4 is 5.32 Å². The first-order valence-electron chi connectivity index (χ1n) is 7.98. The number of aryl methyl sites for hydroxylation is 1. The van der Waals surface area contributed by atoms with Crippen molar-refractivity contribution in [2.45, 2.75) is 52.6 Å². The van der Waals surface area contributed by atoms with E-state index >= 15 is 0 Å². The highest BCUT2D eigenvalue weighted by Gasteiger charge is 2.16. The Balaban J connectivity index is 2.73. The van der Waals surface area contributed by atoms with Gasteiger partial charge in [-0.1, -0.05) is 27.7 Å². The summed E-state index contributed by atoms with van der Waals surface area (Å²) in [6.07, 6.45) is -0.804. The molecule has 1 unspecified atom stereocenters. The summed E-state index contributed by atoms with van der Waals surface area (Å²) >= 11 is 0. The summed E-state index contributed by atoms with van der Waals surface area (Å²) in [4.78, 5) is 4.70. The summed E-state index contributed by atoms with van der Waals surface area (Å²) in [6.45, 7) is 11.7. The predicted molar refractivity (Wildman–Crippen MR) is 89.6 cm³/mol. The van der Waals surface area contributed by atoms with E-state index in [9.17, 15) is 5.11 Å². The number of anilines is 1. The van der Waals surface area contributed by atoms with Gasteiger partial charge < -0.3 is 20.3 Å². The standard InChI is InChI=1S/C17H30N2O3/c1-11(2)16-15(8-13(5)19-17(16)12(3)4)18-6-7-22-10-14(21)9-20/h8,11-12,14,20-21H,6-7,9-10H2,1-5H3,(H,18,19). The Morgan fingerprint density at radius 1 is 1.23 bits per heavy atom. The first-order valence-corrected chi connectivity index (χ1v) is 7.98. The van der Waals surface area contributed by atoms with Crippen LogP contribution in [-0.4, -0.2) is 47.7 Å². The molecule has 5 heteroatoms. The van der Waals surface area contributed by atoms with Crippen molar-refractivity contribution >= 4 is 5.69 Å². The third kappa shape index (κ3) is 5.55. The first kappa shape index (κ1) is 18.9. The first-order chi connectivity index (χ1) is 10.4. The van der Waals surface area contributed by atoms with Gasteiger partial charge in [0.2, 0.25) is 0 Å². The van der Waals surface area contributed by atoms with E-state index in [0.717, 1.165) is 17.1 Å². The molecule has 0 radical (unpaired) electrons. The van der Waals surface area contributed by atoms with Crippen molar-refractivity contribution in [1.82, 2.24) is 4.98 Å². The van der Waals surface area contributed by atoms with Crippen molar-refractivity contribution in [3.05, 3.63) is 23.0 Å². The topological polar surface area (TPSA) is 74.6 Å². The molecule has 0 saturated carbocycles. The van der Waals surface area contributed by atoms with Gasteiger partial charge in [-0.05, 0) is 30.4 Å². The second-order valence-corrected chi connectivity index (χ2v) is 6.26. The summed E-state index contributed by atoms with van der Waals surface area (Å²) in [6, 6.07) is 2.07. The van der Waals surface area contributed by atoms with Crippen LogP contribution in [0.5, 0.6) is 0 Å². The Morgan fingerprint density at radius 3 is 2.45 bits per heavy atom. The van der Waals surface area contributed by atoms with E-state index in [1.54, 1.807) is 0 Å². The zero-order chi connectivity index (χ0) is 16.7. The molecule has 0 amide bonds. The van der Waals surface area contributed by atoms with Crippen LogP contribution in [0, 0.1) is 6.92 Å². The second-order valence-electron chi connectivity index (χ2n) is 6.26. The largest absolute Gasteiger partial charge is 0.394 e. The Morgan fingerprint density at radius 2 is 1.91 bits per heavy atom. The third-order valence-electron chi connectivity index (χ3n) is 3.42. The lowest BCUT2D eigenvalue weighted by atomic mass is 9.93. The van der Waals surface area contributed by atoms with Gasteiger partial charge in [0.05, 0.1) is 19.8 Å². The molecule has 22 heavy (non-hydrogen) atoms. The van der Waals surface area contributed by atoms with Crippen molar-refractivity contribution in [2.24, 2.45) is 0 Å². The van der Waals surface area contributed by atoms with Crippen LogP contribution in [0.25, 0.3) is 0 Å². The smallest absolute Gasteiger partial charge is 0.100 e. The molecule has 1 atom stereocenters. The summed E-state index contributed by atoms with van der Waals surface area (Å²) in [5.41, 5.74) is 4.52. The molecule has 1 aromatic rings. The SMILES string of the molecule is Cc1cc(NCCOCC(O)CO)c(C(C)C)c(C(C)C)n1. The number of aliphatic hydroxyl groups excluding tert-OH is 2. The molecule has 0 bridgehead atoms. The van der Waals surface area contributed by atoms with Crippen LogP contribution in [0.4, 0.5) is 5.69 Å². The van der Waals surface area contributed by atoms with Crippen LogP contribution in [0.1, 0.15) is 56.5 Å². The molecule has 3 N–H and O–H groups in total. The lowest BCUT2D eigenvalue weighted by Crippen LogP contribution is -2.22. The van der Waals surface area contributed by atoms with Crippen molar-refractivity contribution in [3.8, 4) is 0 Å². The number of rotatable bonds is 9. The average Bonchev–Trinajstić information content (AvgIpc) is 2.45. The highest BCUT2D eigenvalue weighted by atomic mass is 16.5. The summed E-state index contributed by atoms with van der Waals surface area (Å²) in [5.74, 6) is 0.777. The van der Waals surface area contributed by atoms with Crippen LogP contribution >= 0.6 is 0 Å². The zero-order valence-corrected chi connectivity index (χ0v) is 14.4. The van der Waals surface area contributed by atoms with Crippen LogP contribution in [0.3, 0.4) is 0 Å². The van der Waals surface area contributed by atoms with Crippen molar-refractivity contribution in [3.63, 3.8) is 0 Å².